The molecule has 146 valence electrons. The van der Waals surface area contributed by atoms with E-state index >= 15 is 0 Å². The molecule has 0 amide bonds. The lowest BCUT2D eigenvalue weighted by Gasteiger charge is -2.04. The van der Waals surface area contributed by atoms with Gasteiger partial charge in [-0.3, -0.25) is 10.5 Å². The number of imidazole rings is 1. The van der Waals surface area contributed by atoms with Crippen LogP contribution in [0.2, 0.25) is 0 Å². The van der Waals surface area contributed by atoms with Gasteiger partial charge < -0.3 is 17.0 Å². The summed E-state index contributed by atoms with van der Waals surface area (Å²) in [5, 5.41) is 0. The molecule has 4 aromatic rings. The highest BCUT2D eigenvalue weighted by Gasteiger charge is 2.20. The summed E-state index contributed by atoms with van der Waals surface area (Å²) in [5.41, 5.74) is 11.2. The lowest BCUT2D eigenvalue weighted by Crippen LogP contribution is -3.00. The van der Waals surface area contributed by atoms with Crippen molar-refractivity contribution in [1.82, 2.24) is 4.57 Å². The third-order valence-electron chi connectivity index (χ3n) is 4.97. The number of nitrogens with zero attached hydrogens (tertiary/aromatic N) is 2. The fourth-order valence-corrected chi connectivity index (χ4v) is 3.35. The minimum atomic E-state index is 0. The van der Waals surface area contributed by atoms with Crippen LogP contribution in [-0.4, -0.2) is 10.4 Å². The summed E-state index contributed by atoms with van der Waals surface area (Å²) in [5.74, 6) is 0.578. The first-order valence-electron chi connectivity index (χ1n) is 9.22. The van der Waals surface area contributed by atoms with Crippen molar-refractivity contribution in [2.75, 3.05) is 5.73 Å². The zero-order chi connectivity index (χ0) is 19.5. The van der Waals surface area contributed by atoms with Crippen LogP contribution in [0.5, 0.6) is 0 Å². The molecule has 3 aromatic carbocycles. The average Bonchev–Trinajstić information content (AvgIpc) is 3.03. The van der Waals surface area contributed by atoms with E-state index in [-0.39, 0.29) is 29.3 Å². The molecule has 1 aromatic heterocycles. The van der Waals surface area contributed by atoms with Gasteiger partial charge in [-0.15, -0.1) is 0 Å². The standard InChI is InChI=1S/C24H21N3O.BrH/c1-26-22(20-10-6-3-7-11-20)16-27(24(26)25)17-23(28)21-14-12-19(13-15-21)18-8-4-2-5-9-18;/h2-16,25H,17H2,1H3;1H. The summed E-state index contributed by atoms with van der Waals surface area (Å²) in [6.07, 6.45) is 1.93. The molecule has 2 N–H and O–H groups in total. The summed E-state index contributed by atoms with van der Waals surface area (Å²) in [6.45, 7) is 0.206. The topological polar surface area (TPSA) is 51.9 Å². The molecule has 0 aliphatic heterocycles. The number of aromatic nitrogens is 2. The highest BCUT2D eigenvalue weighted by Crippen LogP contribution is 2.21. The molecule has 0 radical (unpaired) electrons. The Bertz CT molecular complexity index is 1100. The van der Waals surface area contributed by atoms with E-state index in [1.807, 2.05) is 90.6 Å². The van der Waals surface area contributed by atoms with Crippen molar-refractivity contribution in [1.29, 1.82) is 0 Å². The van der Waals surface area contributed by atoms with Crippen LogP contribution in [0, 0.1) is 0 Å². The van der Waals surface area contributed by atoms with Gasteiger partial charge in [0.05, 0.1) is 7.05 Å². The Morgan fingerprint density at radius 1 is 0.828 bits per heavy atom. The summed E-state index contributed by atoms with van der Waals surface area (Å²) in [4.78, 5) is 12.8. The predicted molar refractivity (Wildman–Crippen MR) is 112 cm³/mol. The molecule has 0 bridgehead atoms. The zero-order valence-electron chi connectivity index (χ0n) is 16.1. The molecule has 29 heavy (non-hydrogen) atoms. The molecular weight excluding hydrogens is 426 g/mol. The lowest BCUT2D eigenvalue weighted by atomic mass is 10.0. The fraction of sp³-hybridized carbons (Fsp3) is 0.0833. The SMILES string of the molecule is Cn1c(-c2ccccc2)c[n+](CC(=O)c2ccc(-c3ccccc3)cc2)c1N.[Br-]. The molecule has 0 aliphatic rings. The van der Waals surface area contributed by atoms with Crippen LogP contribution in [-0.2, 0) is 13.6 Å². The van der Waals surface area contributed by atoms with Gasteiger partial charge in [-0.25, -0.2) is 9.13 Å². The van der Waals surface area contributed by atoms with E-state index < -0.39 is 0 Å². The van der Waals surface area contributed by atoms with Gasteiger partial charge in [0, 0.05) is 11.1 Å². The number of nitrogen functional groups attached to an aromatic ring is 1. The molecule has 0 spiro atoms. The Morgan fingerprint density at radius 3 is 1.93 bits per heavy atom. The van der Waals surface area contributed by atoms with E-state index in [1.54, 1.807) is 4.57 Å². The minimum Gasteiger partial charge on any atom is -1.00 e. The third-order valence-corrected chi connectivity index (χ3v) is 4.97. The molecule has 4 rings (SSSR count). The number of hydrogen-bond donors (Lipinski definition) is 1. The predicted octanol–water partition coefficient (Wildman–Crippen LogP) is 1.12. The third kappa shape index (κ3) is 4.30. The van der Waals surface area contributed by atoms with Gasteiger partial charge in [-0.1, -0.05) is 84.9 Å². The van der Waals surface area contributed by atoms with Gasteiger partial charge in [-0.2, -0.15) is 0 Å². The van der Waals surface area contributed by atoms with Crippen molar-refractivity contribution in [2.45, 2.75) is 6.54 Å². The normalized spacial score (nSPS) is 10.4. The maximum atomic E-state index is 12.8. The molecular formula is C24H22BrN3O. The van der Waals surface area contributed by atoms with Gasteiger partial charge in [0.15, 0.2) is 5.78 Å². The van der Waals surface area contributed by atoms with Crippen LogP contribution in [0.4, 0.5) is 5.95 Å². The van der Waals surface area contributed by atoms with Crippen LogP contribution in [0.25, 0.3) is 22.4 Å². The first-order chi connectivity index (χ1) is 13.6. The number of nitrogens with two attached hydrogens (primary N) is 1. The Balaban J connectivity index is 0.00000240. The van der Waals surface area contributed by atoms with Crippen molar-refractivity contribution in [3.63, 3.8) is 0 Å². The van der Waals surface area contributed by atoms with E-state index in [0.717, 1.165) is 22.4 Å². The van der Waals surface area contributed by atoms with Crippen LogP contribution >= 0.6 is 0 Å². The quantitative estimate of drug-likeness (QED) is 0.368. The van der Waals surface area contributed by atoms with Crippen LogP contribution in [0.3, 0.4) is 0 Å². The molecule has 0 unspecified atom stereocenters. The van der Waals surface area contributed by atoms with E-state index in [4.69, 9.17) is 5.73 Å². The Labute approximate surface area is 181 Å². The number of rotatable bonds is 5. The van der Waals surface area contributed by atoms with Crippen molar-refractivity contribution in [2.24, 2.45) is 7.05 Å². The second-order valence-electron chi connectivity index (χ2n) is 6.79. The number of carbonyl (C=O) groups is 1. The first-order valence-corrected chi connectivity index (χ1v) is 9.22. The molecule has 4 nitrogen and oxygen atoms in total. The monoisotopic (exact) mass is 447 g/mol. The number of benzene rings is 3. The highest BCUT2D eigenvalue weighted by molar-refractivity contribution is 5.95. The number of ketones is 1. The number of carbonyl (C=O) groups excluding carboxylic acids is 1. The van der Waals surface area contributed by atoms with E-state index in [0.29, 0.717) is 11.5 Å². The van der Waals surface area contributed by atoms with Gasteiger partial charge >= 0.3 is 5.95 Å². The van der Waals surface area contributed by atoms with Gasteiger partial charge in [0.1, 0.15) is 18.4 Å². The van der Waals surface area contributed by atoms with Crippen molar-refractivity contribution in [3.8, 4) is 22.4 Å². The van der Waals surface area contributed by atoms with Crippen LogP contribution in [0.1, 0.15) is 10.4 Å². The molecule has 0 saturated heterocycles. The second kappa shape index (κ2) is 8.88. The van der Waals surface area contributed by atoms with Gasteiger partial charge in [0.25, 0.3) is 0 Å². The van der Waals surface area contributed by atoms with Crippen molar-refractivity contribution >= 4 is 11.7 Å². The first kappa shape index (κ1) is 20.6. The van der Waals surface area contributed by atoms with E-state index in [9.17, 15) is 4.79 Å². The largest absolute Gasteiger partial charge is 1.00 e. The van der Waals surface area contributed by atoms with Crippen LogP contribution in [0.15, 0.2) is 91.1 Å². The van der Waals surface area contributed by atoms with E-state index in [1.165, 1.54) is 0 Å². The zero-order valence-corrected chi connectivity index (χ0v) is 17.7. The molecule has 1 heterocycles. The molecule has 0 aliphatic carbocycles. The smallest absolute Gasteiger partial charge is 0.355 e. The summed E-state index contributed by atoms with van der Waals surface area (Å²) >= 11 is 0. The summed E-state index contributed by atoms with van der Waals surface area (Å²) in [7, 11) is 1.91. The Morgan fingerprint density at radius 2 is 1.34 bits per heavy atom. The fourth-order valence-electron chi connectivity index (χ4n) is 3.35. The number of hydrogen-bond acceptors (Lipinski definition) is 2. The minimum absolute atomic E-state index is 0. The number of anilines is 1. The molecule has 0 fully saturated rings. The van der Waals surface area contributed by atoms with Crippen molar-refractivity contribution in [3.05, 3.63) is 96.7 Å². The number of halogens is 1. The second-order valence-corrected chi connectivity index (χ2v) is 6.79. The molecule has 0 saturated carbocycles. The molecule has 0 atom stereocenters. The van der Waals surface area contributed by atoms with Crippen LogP contribution < -0.4 is 27.3 Å². The maximum absolute atomic E-state index is 12.8. The summed E-state index contributed by atoms with van der Waals surface area (Å²) in [6, 6.07) is 27.9. The average molecular weight is 448 g/mol. The van der Waals surface area contributed by atoms with Gasteiger partial charge in [0.2, 0.25) is 0 Å². The molecule has 5 heteroatoms. The van der Waals surface area contributed by atoms with Gasteiger partial charge in [-0.05, 0) is 11.1 Å². The van der Waals surface area contributed by atoms with E-state index in [2.05, 4.69) is 12.1 Å². The summed E-state index contributed by atoms with van der Waals surface area (Å²) < 4.78 is 3.71. The highest BCUT2D eigenvalue weighted by atomic mass is 79.9. The Hall–Kier alpha value is -3.18. The lowest BCUT2D eigenvalue weighted by molar-refractivity contribution is -0.667. The van der Waals surface area contributed by atoms with Crippen molar-refractivity contribution < 1.29 is 26.3 Å². The number of Topliss-reactive ketones (excluding diaryl/α,β-unsaturated/α-hetero) is 1. The maximum Gasteiger partial charge on any atom is 0.355 e. The Kier molecular flexibility index (Phi) is 6.29.